The molecule has 2 N–H and O–H groups in total. The lowest BCUT2D eigenvalue weighted by atomic mass is 9.44. The van der Waals surface area contributed by atoms with Crippen LogP contribution in [0.25, 0.3) is 11.0 Å². The second-order valence-electron chi connectivity index (χ2n) is 32.7. The zero-order valence-electron chi connectivity index (χ0n) is 64.2. The average Bonchev–Trinajstić information content (AvgIpc) is 1.09. The molecule has 0 bridgehead atoms. The number of para-hydroxylation sites is 1. The van der Waals surface area contributed by atoms with Crippen LogP contribution >= 0.6 is 0 Å². The molecule has 4 aromatic heterocycles. The van der Waals surface area contributed by atoms with Gasteiger partial charge >= 0.3 is 35.8 Å². The Morgan fingerprint density at radius 2 is 0.796 bits per heavy atom. The van der Waals surface area contributed by atoms with Crippen molar-refractivity contribution in [3.63, 3.8) is 0 Å². The van der Waals surface area contributed by atoms with Gasteiger partial charge in [-0.05, 0) is 181 Å². The molecule has 3 saturated carbocycles. The van der Waals surface area contributed by atoms with Crippen LogP contribution in [0.5, 0.6) is 11.5 Å². The molecule has 7 aromatic rings. The van der Waals surface area contributed by atoms with Gasteiger partial charge in [0.1, 0.15) is 35.4 Å². The highest BCUT2D eigenvalue weighted by atomic mass is 16.6. The molecule has 0 unspecified atom stereocenters. The van der Waals surface area contributed by atoms with Gasteiger partial charge in [-0.3, -0.25) is 28.8 Å². The number of aromatic hydroxyl groups is 2. The minimum absolute atomic E-state index is 0.000810. The third-order valence-electron chi connectivity index (χ3n) is 26.3. The Morgan fingerprint density at radius 1 is 0.425 bits per heavy atom. The average molecular weight is 1540 g/mol. The number of esters is 6. The standard InChI is InChI=1S/C31H30O8.2C29H30O8/c1-17-20-9-11-30(2)21(28(33)35-4)14-23(39-29(34)24-13-18-7-5-6-8-22(18)38-24)26(32)27(30)31(20,3)15-25(37-17)19-10-12-36-16-19;1-16-20-9-11-28(2)21(27(33)34-4)13-22(37-26(32)17-5-7-19(30)8-6-17)24(31)25(28)29(20,3)14-23(36-16)18-10-12-35-15-18;1-16-20-8-10-28(2)21(27(33)34-4)13-22(37-26(32)17-6-5-7-19(30)12-17)24(31)25(28)29(20,3)14-23(36-16)18-9-11-35-15-18/h5-8,10,12-14,16,20-21,25,27H,1,9,11,15H2,2-4H3;5-8,10,12-13,15,20-21,23,25,30H,1,9,11,14H2,2-4H3;5-7,9,11-13,15,20-21,23,25,30H,1,8,10,14H2,2-4H3/t20-,21-,25-,27-,30-,31-;2*20-,21-,23-,25-,28-,29-/m000/s1. The molecule has 590 valence electrons. The largest absolute Gasteiger partial charge is 0.508 e. The second kappa shape index (κ2) is 29.8. The quantitative estimate of drug-likeness (QED) is 0.0847. The number of fused-ring (bicyclic) bond motifs is 10. The summed E-state index contributed by atoms with van der Waals surface area (Å²) in [7, 11) is 3.94. The van der Waals surface area contributed by atoms with Crippen molar-refractivity contribution >= 4 is 64.1 Å². The van der Waals surface area contributed by atoms with Crippen LogP contribution in [0.3, 0.4) is 0 Å². The summed E-state index contributed by atoms with van der Waals surface area (Å²) < 4.78 is 72.5. The fraction of sp³-hybridized carbons (Fsp3) is 0.404. The molecule has 16 rings (SSSR count). The van der Waals surface area contributed by atoms with E-state index in [0.717, 1.165) is 22.1 Å². The van der Waals surface area contributed by atoms with Gasteiger partial charge in [0.2, 0.25) is 23.1 Å². The summed E-state index contributed by atoms with van der Waals surface area (Å²) >= 11 is 0. The number of hydrogen-bond acceptors (Lipinski definition) is 24. The summed E-state index contributed by atoms with van der Waals surface area (Å²) in [6.45, 7) is 24.6. The van der Waals surface area contributed by atoms with Gasteiger partial charge in [0.05, 0.1) is 105 Å². The first-order valence-electron chi connectivity index (χ1n) is 37.7. The molecule has 6 fully saturated rings. The molecule has 0 spiro atoms. The van der Waals surface area contributed by atoms with Gasteiger partial charge in [0, 0.05) is 57.6 Å². The summed E-state index contributed by atoms with van der Waals surface area (Å²) in [5, 5.41) is 20.0. The highest BCUT2D eigenvalue weighted by Crippen LogP contribution is 2.70. The van der Waals surface area contributed by atoms with E-state index in [1.807, 2.05) is 65.0 Å². The summed E-state index contributed by atoms with van der Waals surface area (Å²) in [6, 6.07) is 25.5. The zero-order valence-corrected chi connectivity index (χ0v) is 64.2. The lowest BCUT2D eigenvalue weighted by Gasteiger charge is -2.60. The third kappa shape index (κ3) is 13.6. The van der Waals surface area contributed by atoms with Crippen LogP contribution in [-0.4, -0.2) is 84.7 Å². The van der Waals surface area contributed by atoms with Crippen molar-refractivity contribution in [3.05, 3.63) is 241 Å². The molecule has 3 saturated heterocycles. The Labute approximate surface area is 651 Å². The number of benzene rings is 3. The van der Waals surface area contributed by atoms with E-state index >= 15 is 0 Å². The van der Waals surface area contributed by atoms with Gasteiger partial charge in [-0.1, -0.05) is 85.5 Å². The smallest absolute Gasteiger partial charge is 0.379 e. The van der Waals surface area contributed by atoms with Gasteiger partial charge in [-0.15, -0.1) is 0 Å². The van der Waals surface area contributed by atoms with Gasteiger partial charge in [0.15, 0.2) is 17.3 Å². The number of phenolic OH excluding ortho intramolecular Hbond substituents is 2. The number of furan rings is 4. The van der Waals surface area contributed by atoms with E-state index in [-0.39, 0.29) is 99.1 Å². The first-order chi connectivity index (χ1) is 53.8. The van der Waals surface area contributed by atoms with Crippen molar-refractivity contribution in [1.82, 2.24) is 0 Å². The maximum atomic E-state index is 14.3. The zero-order chi connectivity index (χ0) is 80.6. The molecule has 18 atom stereocenters. The SMILES string of the molecule is C=C1O[C@H](c2ccoc2)C[C@]2(C)[C@H]3C(=O)C(OC(=O)c4cc5ccccc5o4)=C[C@@H](C(=O)OC)[C@]3(C)CC[C@@H]12.C=C1O[C@H](c2ccoc2)C[C@]2(C)[C@H]3C(=O)C(OC(=O)c4ccc(O)cc4)=C[C@@H](C(=O)OC)[C@]3(C)CC[C@@H]12.C=C1O[C@H](c2ccoc2)C[C@]2(C)[C@H]3C(=O)C(OC(=O)c4cccc(O)c4)=C[C@@H](C(=O)OC)[C@]3(C)CC[C@@H]12. The van der Waals surface area contributed by atoms with Crippen molar-refractivity contribution in [3.8, 4) is 11.5 Å². The number of hydrogen-bond donors (Lipinski definition) is 2. The predicted molar refractivity (Wildman–Crippen MR) is 401 cm³/mol. The summed E-state index contributed by atoms with van der Waals surface area (Å²) in [5.41, 5.74) is -0.903. The predicted octanol–water partition coefficient (Wildman–Crippen LogP) is 16.4. The molecule has 9 aliphatic rings. The number of methoxy groups -OCH3 is 3. The molecule has 6 aliphatic carbocycles. The van der Waals surface area contributed by atoms with Gasteiger partial charge in [-0.2, -0.15) is 0 Å². The third-order valence-corrected chi connectivity index (χ3v) is 26.3. The number of ketones is 3. The summed E-state index contributed by atoms with van der Waals surface area (Å²) in [6.07, 6.45) is 18.1. The normalized spacial score (nSPS) is 32.6. The molecule has 113 heavy (non-hydrogen) atoms. The fourth-order valence-corrected chi connectivity index (χ4v) is 21.0. The Kier molecular flexibility index (Phi) is 20.5. The molecule has 0 radical (unpaired) electrons. The number of rotatable bonds is 12. The van der Waals surface area contributed by atoms with Gasteiger partial charge in [-0.25, -0.2) is 14.4 Å². The minimum Gasteiger partial charge on any atom is -0.508 e. The molecule has 3 aliphatic heterocycles. The van der Waals surface area contributed by atoms with Crippen molar-refractivity contribution in [1.29, 1.82) is 0 Å². The Morgan fingerprint density at radius 3 is 1.15 bits per heavy atom. The van der Waals surface area contributed by atoms with E-state index in [1.165, 1.54) is 88.1 Å². The second-order valence-corrected chi connectivity index (χ2v) is 32.7. The van der Waals surface area contributed by atoms with Crippen LogP contribution in [-0.2, 0) is 71.4 Å². The molecular formula is C89H90O24. The summed E-state index contributed by atoms with van der Waals surface area (Å²) in [4.78, 5) is 121. The van der Waals surface area contributed by atoms with E-state index in [0.29, 0.717) is 80.6 Å². The van der Waals surface area contributed by atoms with Crippen LogP contribution in [0, 0.1) is 85.8 Å². The number of phenols is 2. The lowest BCUT2D eigenvalue weighted by molar-refractivity contribution is -0.176. The monoisotopic (exact) mass is 1540 g/mol. The van der Waals surface area contributed by atoms with Crippen molar-refractivity contribution in [2.45, 2.75) is 118 Å². The van der Waals surface area contributed by atoms with Crippen molar-refractivity contribution in [2.75, 3.05) is 21.3 Å². The van der Waals surface area contributed by atoms with E-state index in [1.54, 1.807) is 55.8 Å². The Balaban J connectivity index is 0.000000141. The number of Topliss-reactive ketones (excluding diaryl/α,β-unsaturated/α-hetero) is 3. The summed E-state index contributed by atoms with van der Waals surface area (Å²) in [5.74, 6) is -8.42. The highest BCUT2D eigenvalue weighted by molar-refractivity contribution is 6.05. The molecular weight excluding hydrogens is 1450 g/mol. The van der Waals surface area contributed by atoms with Gasteiger partial charge < -0.3 is 70.5 Å². The Bertz CT molecular complexity index is 5030. The van der Waals surface area contributed by atoms with Crippen molar-refractivity contribution < 1.29 is 114 Å². The molecule has 24 nitrogen and oxygen atoms in total. The van der Waals surface area contributed by atoms with Crippen LogP contribution in [0.4, 0.5) is 0 Å². The number of carbonyl (C=O) groups is 9. The molecule has 0 amide bonds. The first kappa shape index (κ1) is 78.0. The number of allylic oxidation sites excluding steroid dienone is 6. The van der Waals surface area contributed by atoms with Crippen molar-refractivity contribution in [2.24, 2.45) is 85.8 Å². The van der Waals surface area contributed by atoms with E-state index in [2.05, 4.69) is 26.7 Å². The van der Waals surface area contributed by atoms with Gasteiger partial charge in [0.25, 0.3) is 0 Å². The van der Waals surface area contributed by atoms with Crippen LogP contribution in [0.1, 0.15) is 166 Å². The van der Waals surface area contributed by atoms with Crippen LogP contribution in [0.15, 0.2) is 225 Å². The lowest BCUT2D eigenvalue weighted by Crippen LogP contribution is -2.60. The van der Waals surface area contributed by atoms with Crippen LogP contribution < -0.4 is 0 Å². The maximum absolute atomic E-state index is 14.3. The Hall–Kier alpha value is -11.7. The number of ether oxygens (including phenoxy) is 9. The number of carbonyl (C=O) groups excluding carboxylic acids is 9. The topological polar surface area (TPSA) is 330 Å². The highest BCUT2D eigenvalue weighted by Gasteiger charge is 2.69. The van der Waals surface area contributed by atoms with Crippen LogP contribution in [0.2, 0.25) is 0 Å². The fourth-order valence-electron chi connectivity index (χ4n) is 21.0. The van der Waals surface area contributed by atoms with E-state index in [4.69, 9.17) is 60.3 Å². The van der Waals surface area contributed by atoms with E-state index in [9.17, 15) is 53.4 Å². The minimum atomic E-state index is -0.803. The maximum Gasteiger partial charge on any atom is 0.379 e. The molecule has 3 aromatic carbocycles. The molecule has 24 heteroatoms. The molecule has 7 heterocycles. The first-order valence-corrected chi connectivity index (χ1v) is 37.7. The van der Waals surface area contributed by atoms with E-state index < -0.39 is 104 Å².